The highest BCUT2D eigenvalue weighted by Crippen LogP contribution is 2.21. The lowest BCUT2D eigenvalue weighted by Gasteiger charge is -2.23. The SMILES string of the molecule is CCC(C)(C(=O)O)n1nnnc1CCc1ccccn1. The zero-order chi connectivity index (χ0) is 14.6. The quantitative estimate of drug-likeness (QED) is 0.847. The number of carboxylic acids is 1. The van der Waals surface area contributed by atoms with Crippen LogP contribution in [0.15, 0.2) is 24.4 Å². The normalized spacial score (nSPS) is 13.9. The topological polar surface area (TPSA) is 93.8 Å². The average molecular weight is 275 g/mol. The Kier molecular flexibility index (Phi) is 4.07. The summed E-state index contributed by atoms with van der Waals surface area (Å²) in [5.74, 6) is -0.381. The van der Waals surface area contributed by atoms with Crippen molar-refractivity contribution in [3.63, 3.8) is 0 Å². The number of hydrogen-bond donors (Lipinski definition) is 1. The number of hydrogen-bond acceptors (Lipinski definition) is 5. The van der Waals surface area contributed by atoms with Crippen molar-refractivity contribution in [2.75, 3.05) is 0 Å². The number of pyridine rings is 1. The zero-order valence-corrected chi connectivity index (χ0v) is 11.5. The molecular weight excluding hydrogens is 258 g/mol. The fourth-order valence-electron chi connectivity index (χ4n) is 1.92. The standard InChI is InChI=1S/C13H17N5O2/c1-3-13(2,12(19)20)18-11(15-16-17-18)8-7-10-6-4-5-9-14-10/h4-6,9H,3,7-8H2,1-2H3,(H,19,20). The second kappa shape index (κ2) is 5.77. The van der Waals surface area contributed by atoms with Gasteiger partial charge in [-0.25, -0.2) is 9.48 Å². The minimum Gasteiger partial charge on any atom is -0.479 e. The largest absolute Gasteiger partial charge is 0.479 e. The average Bonchev–Trinajstić information content (AvgIpc) is 2.94. The predicted octanol–water partition coefficient (Wildman–Crippen LogP) is 1.06. The van der Waals surface area contributed by atoms with Gasteiger partial charge in [-0.3, -0.25) is 4.98 Å². The van der Waals surface area contributed by atoms with Gasteiger partial charge in [0.15, 0.2) is 11.4 Å². The summed E-state index contributed by atoms with van der Waals surface area (Å²) >= 11 is 0. The molecule has 7 nitrogen and oxygen atoms in total. The Balaban J connectivity index is 2.19. The summed E-state index contributed by atoms with van der Waals surface area (Å²) in [5, 5.41) is 20.8. The minimum atomic E-state index is -1.12. The number of nitrogens with zero attached hydrogens (tertiary/aromatic N) is 5. The second-order valence-electron chi connectivity index (χ2n) is 4.76. The zero-order valence-electron chi connectivity index (χ0n) is 11.5. The molecule has 0 aromatic carbocycles. The second-order valence-corrected chi connectivity index (χ2v) is 4.76. The summed E-state index contributed by atoms with van der Waals surface area (Å²) in [6, 6.07) is 5.69. The number of aromatic nitrogens is 5. The maximum atomic E-state index is 11.4. The number of tetrazole rings is 1. The first-order chi connectivity index (χ1) is 9.58. The van der Waals surface area contributed by atoms with E-state index in [2.05, 4.69) is 20.5 Å². The Hall–Kier alpha value is -2.31. The van der Waals surface area contributed by atoms with Crippen LogP contribution in [0.1, 0.15) is 31.8 Å². The van der Waals surface area contributed by atoms with Gasteiger partial charge in [-0.2, -0.15) is 0 Å². The molecule has 1 N–H and O–H groups in total. The summed E-state index contributed by atoms with van der Waals surface area (Å²) in [5.41, 5.74) is -0.196. The fourth-order valence-corrected chi connectivity index (χ4v) is 1.92. The van der Waals surface area contributed by atoms with E-state index in [1.165, 1.54) is 4.68 Å². The van der Waals surface area contributed by atoms with Gasteiger partial charge in [0.05, 0.1) is 0 Å². The molecule has 7 heteroatoms. The highest BCUT2D eigenvalue weighted by Gasteiger charge is 2.36. The molecule has 2 rings (SSSR count). The Morgan fingerprint density at radius 3 is 2.80 bits per heavy atom. The van der Waals surface area contributed by atoms with Crippen molar-refractivity contribution in [1.82, 2.24) is 25.2 Å². The minimum absolute atomic E-state index is 0.407. The molecule has 0 saturated heterocycles. The maximum Gasteiger partial charge on any atom is 0.331 e. The lowest BCUT2D eigenvalue weighted by Crippen LogP contribution is -2.40. The molecule has 0 aliphatic carbocycles. The van der Waals surface area contributed by atoms with Gasteiger partial charge in [0.25, 0.3) is 0 Å². The van der Waals surface area contributed by atoms with E-state index in [0.29, 0.717) is 25.1 Å². The summed E-state index contributed by atoms with van der Waals surface area (Å²) < 4.78 is 1.40. The Bertz CT molecular complexity index is 583. The van der Waals surface area contributed by atoms with E-state index >= 15 is 0 Å². The highest BCUT2D eigenvalue weighted by atomic mass is 16.4. The molecule has 0 aliphatic rings. The Labute approximate surface area is 116 Å². The van der Waals surface area contributed by atoms with Crippen molar-refractivity contribution in [3.05, 3.63) is 35.9 Å². The smallest absolute Gasteiger partial charge is 0.331 e. The molecule has 1 unspecified atom stereocenters. The van der Waals surface area contributed by atoms with Gasteiger partial charge >= 0.3 is 5.97 Å². The molecule has 20 heavy (non-hydrogen) atoms. The van der Waals surface area contributed by atoms with Crippen LogP contribution in [0.4, 0.5) is 0 Å². The molecule has 0 amide bonds. The lowest BCUT2D eigenvalue weighted by molar-refractivity contribution is -0.147. The summed E-state index contributed by atoms with van der Waals surface area (Å²) in [6.45, 7) is 3.42. The van der Waals surface area contributed by atoms with Crippen LogP contribution in [0.25, 0.3) is 0 Å². The monoisotopic (exact) mass is 275 g/mol. The molecule has 0 radical (unpaired) electrons. The highest BCUT2D eigenvalue weighted by molar-refractivity contribution is 5.76. The number of carboxylic acid groups (broad SMARTS) is 1. The van der Waals surface area contributed by atoms with E-state index in [4.69, 9.17) is 0 Å². The lowest BCUT2D eigenvalue weighted by atomic mass is 9.99. The van der Waals surface area contributed by atoms with Crippen LogP contribution in [0.2, 0.25) is 0 Å². The molecule has 0 bridgehead atoms. The van der Waals surface area contributed by atoms with Gasteiger partial charge in [-0.05, 0) is 42.3 Å². The predicted molar refractivity (Wildman–Crippen MR) is 71.0 cm³/mol. The first-order valence-electron chi connectivity index (χ1n) is 6.49. The number of aryl methyl sites for hydroxylation is 2. The van der Waals surface area contributed by atoms with Gasteiger partial charge in [0.1, 0.15) is 0 Å². The molecule has 2 aromatic heterocycles. The van der Waals surface area contributed by atoms with Crippen LogP contribution in [0.3, 0.4) is 0 Å². The summed E-state index contributed by atoms with van der Waals surface area (Å²) in [7, 11) is 0. The van der Waals surface area contributed by atoms with Gasteiger partial charge < -0.3 is 5.11 Å². The van der Waals surface area contributed by atoms with Crippen molar-refractivity contribution >= 4 is 5.97 Å². The van der Waals surface area contributed by atoms with Crippen LogP contribution in [0.5, 0.6) is 0 Å². The third-order valence-electron chi connectivity index (χ3n) is 3.48. The molecule has 2 heterocycles. The van der Waals surface area contributed by atoms with Crippen molar-refractivity contribution < 1.29 is 9.90 Å². The van der Waals surface area contributed by atoms with Crippen molar-refractivity contribution in [2.45, 2.75) is 38.6 Å². The fraction of sp³-hybridized carbons (Fsp3) is 0.462. The van der Waals surface area contributed by atoms with E-state index in [9.17, 15) is 9.90 Å². The van der Waals surface area contributed by atoms with E-state index < -0.39 is 11.5 Å². The molecule has 0 spiro atoms. The molecule has 0 saturated carbocycles. The number of aliphatic carboxylic acids is 1. The maximum absolute atomic E-state index is 11.4. The van der Waals surface area contributed by atoms with Crippen LogP contribution >= 0.6 is 0 Å². The molecule has 0 fully saturated rings. The van der Waals surface area contributed by atoms with Crippen molar-refractivity contribution in [2.24, 2.45) is 0 Å². The van der Waals surface area contributed by atoms with Gasteiger partial charge in [-0.1, -0.05) is 13.0 Å². The van der Waals surface area contributed by atoms with Crippen LogP contribution in [-0.2, 0) is 23.2 Å². The number of rotatable bonds is 6. The first-order valence-corrected chi connectivity index (χ1v) is 6.49. The van der Waals surface area contributed by atoms with Crippen LogP contribution in [-0.4, -0.2) is 36.3 Å². The molecule has 0 aliphatic heterocycles. The van der Waals surface area contributed by atoms with Crippen LogP contribution < -0.4 is 0 Å². The van der Waals surface area contributed by atoms with E-state index in [0.717, 1.165) is 5.69 Å². The van der Waals surface area contributed by atoms with E-state index in [1.54, 1.807) is 20.0 Å². The van der Waals surface area contributed by atoms with Crippen molar-refractivity contribution in [1.29, 1.82) is 0 Å². The van der Waals surface area contributed by atoms with Crippen LogP contribution in [0, 0.1) is 0 Å². The Morgan fingerprint density at radius 2 is 2.20 bits per heavy atom. The van der Waals surface area contributed by atoms with Gasteiger partial charge in [0.2, 0.25) is 0 Å². The first kappa shape index (κ1) is 14.1. The van der Waals surface area contributed by atoms with Gasteiger partial charge in [-0.15, -0.1) is 5.10 Å². The van der Waals surface area contributed by atoms with Crippen molar-refractivity contribution in [3.8, 4) is 0 Å². The third kappa shape index (κ3) is 2.66. The number of carbonyl (C=O) groups is 1. The molecule has 106 valence electrons. The van der Waals surface area contributed by atoms with Gasteiger partial charge in [0, 0.05) is 18.3 Å². The summed E-state index contributed by atoms with van der Waals surface area (Å²) in [4.78, 5) is 15.7. The Morgan fingerprint density at radius 1 is 1.40 bits per heavy atom. The molecule has 2 aromatic rings. The summed E-state index contributed by atoms with van der Waals surface area (Å²) in [6.07, 6.45) is 3.35. The van der Waals surface area contributed by atoms with E-state index in [1.807, 2.05) is 18.2 Å². The third-order valence-corrected chi connectivity index (χ3v) is 3.48. The van der Waals surface area contributed by atoms with E-state index in [-0.39, 0.29) is 0 Å². The molecule has 1 atom stereocenters. The molecular formula is C13H17N5O2.